The fraction of sp³-hybridized carbons (Fsp3) is 0.750. The largest absolute Gasteiger partial charge is 0.348 e. The van der Waals surface area contributed by atoms with Crippen molar-refractivity contribution >= 4 is 0 Å². The van der Waals surface area contributed by atoms with E-state index in [1.807, 2.05) is 4.68 Å². The van der Waals surface area contributed by atoms with Gasteiger partial charge in [-0.2, -0.15) is 0 Å². The van der Waals surface area contributed by atoms with Gasteiger partial charge in [0.1, 0.15) is 0 Å². The van der Waals surface area contributed by atoms with E-state index in [1.165, 1.54) is 43.3 Å². The van der Waals surface area contributed by atoms with Gasteiger partial charge in [-0.3, -0.25) is 0 Å². The molecule has 29 heavy (non-hydrogen) atoms. The molecule has 4 aliphatic carbocycles. The average Bonchev–Trinajstić information content (AvgIpc) is 3.18. The quantitative estimate of drug-likeness (QED) is 0.657. The second-order valence-corrected chi connectivity index (χ2v) is 11.0. The first-order valence-electron chi connectivity index (χ1n) is 11.7. The molecule has 3 saturated carbocycles. The van der Waals surface area contributed by atoms with Gasteiger partial charge in [-0.25, -0.2) is 23.5 Å². The van der Waals surface area contributed by atoms with Crippen LogP contribution >= 0.6 is 0 Å². The van der Waals surface area contributed by atoms with Crippen molar-refractivity contribution in [2.45, 2.75) is 96.7 Å². The average molecular weight is 396 g/mol. The van der Waals surface area contributed by atoms with Crippen molar-refractivity contribution in [2.75, 3.05) is 0 Å². The van der Waals surface area contributed by atoms with Crippen LogP contribution in [0.4, 0.5) is 0 Å². The van der Waals surface area contributed by atoms with Crippen molar-refractivity contribution in [3.8, 4) is 0 Å². The molecule has 5 nitrogen and oxygen atoms in total. The normalized spacial score (nSPS) is 39.4. The molecule has 0 spiro atoms. The summed E-state index contributed by atoms with van der Waals surface area (Å²) < 4.78 is 5.31. The Morgan fingerprint density at radius 1 is 0.897 bits per heavy atom. The molecule has 3 heterocycles. The Bertz CT molecular complexity index is 1040. The molecule has 0 radical (unpaired) electrons. The maximum Gasteiger partial charge on any atom is 0.348 e. The Hall–Kier alpha value is -1.78. The maximum atomic E-state index is 13.8. The Kier molecular flexibility index (Phi) is 3.53. The fourth-order valence-electron chi connectivity index (χ4n) is 7.63. The third-order valence-electron chi connectivity index (χ3n) is 9.78. The van der Waals surface area contributed by atoms with Crippen molar-refractivity contribution in [3.05, 3.63) is 44.3 Å². The second-order valence-electron chi connectivity index (χ2n) is 11.0. The summed E-state index contributed by atoms with van der Waals surface area (Å²) in [6.45, 7) is 7.02. The summed E-state index contributed by atoms with van der Waals surface area (Å²) in [4.78, 5) is 27.4. The predicted octanol–water partition coefficient (Wildman–Crippen LogP) is 4.52. The third kappa shape index (κ3) is 2.07. The minimum Gasteiger partial charge on any atom is -0.246 e. The molecular formula is C24H33N3O2. The van der Waals surface area contributed by atoms with Crippen LogP contribution in [0.1, 0.15) is 96.7 Å². The van der Waals surface area contributed by atoms with Crippen molar-refractivity contribution in [1.82, 2.24) is 13.9 Å². The van der Waals surface area contributed by atoms with Gasteiger partial charge < -0.3 is 0 Å². The summed E-state index contributed by atoms with van der Waals surface area (Å²) >= 11 is 0. The molecule has 1 aromatic heterocycles. The van der Waals surface area contributed by atoms with Crippen LogP contribution in [0.2, 0.25) is 0 Å². The molecule has 0 unspecified atom stereocenters. The first-order valence-corrected chi connectivity index (χ1v) is 11.7. The third-order valence-corrected chi connectivity index (χ3v) is 9.78. The van der Waals surface area contributed by atoms with Crippen molar-refractivity contribution in [1.29, 1.82) is 0 Å². The van der Waals surface area contributed by atoms with E-state index in [-0.39, 0.29) is 40.3 Å². The van der Waals surface area contributed by atoms with Crippen LogP contribution in [0.25, 0.3) is 0 Å². The van der Waals surface area contributed by atoms with E-state index in [0.29, 0.717) is 5.92 Å². The molecule has 5 heteroatoms. The lowest BCUT2D eigenvalue weighted by atomic mass is 9.69. The molecule has 156 valence electrons. The highest BCUT2D eigenvalue weighted by atomic mass is 16.2. The van der Waals surface area contributed by atoms with Gasteiger partial charge in [0, 0.05) is 6.04 Å². The predicted molar refractivity (Wildman–Crippen MR) is 113 cm³/mol. The zero-order valence-corrected chi connectivity index (χ0v) is 18.0. The van der Waals surface area contributed by atoms with Crippen LogP contribution in [0.5, 0.6) is 0 Å². The molecule has 6 bridgehead atoms. The molecule has 3 fully saturated rings. The van der Waals surface area contributed by atoms with E-state index in [9.17, 15) is 9.59 Å². The summed E-state index contributed by atoms with van der Waals surface area (Å²) in [5, 5.41) is 0. The van der Waals surface area contributed by atoms with Crippen molar-refractivity contribution in [3.63, 3.8) is 0 Å². The van der Waals surface area contributed by atoms with Gasteiger partial charge >= 0.3 is 11.4 Å². The fourth-order valence-corrected chi connectivity index (χ4v) is 7.63. The summed E-state index contributed by atoms with van der Waals surface area (Å²) in [6, 6.07) is -0.0632. The van der Waals surface area contributed by atoms with Crippen LogP contribution < -0.4 is 11.4 Å². The second kappa shape index (κ2) is 5.67. The standard InChI is InChI=1S/C24H33N3O2/c1-23(2)17-10-11-24(23,3)19(14-17)25-21(28)26-18-12-15-8-6-4-5-7-9-16(13-18)20(15)27(26)22(25)29/h12-13,17-20H,4-11,14H2,1-3H3/t17-,18?,19+,20?,24-/m0/s1. The van der Waals surface area contributed by atoms with E-state index in [1.54, 1.807) is 9.25 Å². The zero-order chi connectivity index (χ0) is 20.1. The molecule has 6 aliphatic rings. The number of rotatable bonds is 1. The van der Waals surface area contributed by atoms with Crippen LogP contribution in [-0.4, -0.2) is 13.9 Å². The summed E-state index contributed by atoms with van der Waals surface area (Å²) in [7, 11) is 0. The Morgan fingerprint density at radius 3 is 2.07 bits per heavy atom. The first-order chi connectivity index (χ1) is 13.8. The first kappa shape index (κ1) is 18.0. The topological polar surface area (TPSA) is 48.9 Å². The van der Waals surface area contributed by atoms with E-state index in [4.69, 9.17) is 0 Å². The van der Waals surface area contributed by atoms with Gasteiger partial charge in [-0.05, 0) is 72.8 Å². The van der Waals surface area contributed by atoms with Crippen LogP contribution in [-0.2, 0) is 0 Å². The molecular weight excluding hydrogens is 362 g/mol. The Labute approximate surface area is 172 Å². The van der Waals surface area contributed by atoms with Crippen LogP contribution in [0.3, 0.4) is 0 Å². The highest BCUT2D eigenvalue weighted by Gasteiger charge is 2.63. The summed E-state index contributed by atoms with van der Waals surface area (Å²) in [5.74, 6) is 0.610. The van der Waals surface area contributed by atoms with Gasteiger partial charge in [-0.1, -0.05) is 45.8 Å². The summed E-state index contributed by atoms with van der Waals surface area (Å²) in [6.07, 6.45) is 14.9. The van der Waals surface area contributed by atoms with Crippen LogP contribution in [0.15, 0.2) is 32.9 Å². The molecule has 0 saturated heterocycles. The maximum absolute atomic E-state index is 13.8. The highest BCUT2D eigenvalue weighted by Crippen LogP contribution is 2.69. The van der Waals surface area contributed by atoms with Crippen molar-refractivity contribution in [2.24, 2.45) is 16.7 Å². The zero-order valence-electron chi connectivity index (χ0n) is 18.0. The number of fused-ring (bicyclic) bond motifs is 2. The smallest absolute Gasteiger partial charge is 0.246 e. The van der Waals surface area contributed by atoms with Gasteiger partial charge in [0.25, 0.3) is 0 Å². The SMILES string of the molecule is CC1(C)[C@H]2CC[C@@]1(C)[C@H](n1c(=O)n3n(c1=O)C1C4=CC3C=C1CCCCCC4)C2. The lowest BCUT2D eigenvalue weighted by molar-refractivity contribution is 0.103. The Balaban J connectivity index is 1.51. The number of allylic oxidation sites excluding steroid dienone is 4. The summed E-state index contributed by atoms with van der Waals surface area (Å²) in [5.41, 5.74) is 2.80. The molecule has 0 aromatic carbocycles. The van der Waals surface area contributed by atoms with E-state index >= 15 is 0 Å². The molecule has 3 atom stereocenters. The van der Waals surface area contributed by atoms with Gasteiger partial charge in [0.05, 0.1) is 12.1 Å². The number of hydrogen-bond donors (Lipinski definition) is 0. The van der Waals surface area contributed by atoms with Crippen molar-refractivity contribution < 1.29 is 0 Å². The molecule has 0 N–H and O–H groups in total. The highest BCUT2D eigenvalue weighted by molar-refractivity contribution is 5.36. The molecule has 2 aliphatic heterocycles. The van der Waals surface area contributed by atoms with E-state index < -0.39 is 0 Å². The number of nitrogens with zero attached hydrogens (tertiary/aromatic N) is 3. The lowest BCUT2D eigenvalue weighted by Crippen LogP contribution is -2.42. The van der Waals surface area contributed by atoms with E-state index in [2.05, 4.69) is 32.9 Å². The van der Waals surface area contributed by atoms with Gasteiger partial charge in [-0.15, -0.1) is 0 Å². The molecule has 1 aromatic rings. The number of aromatic nitrogens is 3. The number of hydrogen-bond acceptors (Lipinski definition) is 2. The lowest BCUT2D eigenvalue weighted by Gasteiger charge is -2.38. The van der Waals surface area contributed by atoms with Crippen LogP contribution in [0, 0.1) is 16.7 Å². The molecule has 7 rings (SSSR count). The monoisotopic (exact) mass is 395 g/mol. The van der Waals surface area contributed by atoms with Gasteiger partial charge in [0.2, 0.25) is 0 Å². The minimum absolute atomic E-state index is 0.0149. The molecule has 0 amide bonds. The van der Waals surface area contributed by atoms with E-state index in [0.717, 1.165) is 25.7 Å². The van der Waals surface area contributed by atoms with Gasteiger partial charge in [0.15, 0.2) is 0 Å². The Morgan fingerprint density at radius 2 is 1.52 bits per heavy atom. The minimum atomic E-state index is -0.0833.